The van der Waals surface area contributed by atoms with E-state index in [1.54, 1.807) is 18.2 Å². The van der Waals surface area contributed by atoms with Crippen LogP contribution in [-0.2, 0) is 16.0 Å². The first-order chi connectivity index (χ1) is 12.5. The summed E-state index contributed by atoms with van der Waals surface area (Å²) in [7, 11) is 0. The Kier molecular flexibility index (Phi) is 6.96. The van der Waals surface area contributed by atoms with Gasteiger partial charge in [-0.05, 0) is 43.2 Å². The molecule has 0 aliphatic heterocycles. The fraction of sp³-hybridized carbons (Fsp3) is 0.263. The van der Waals surface area contributed by atoms with Crippen molar-refractivity contribution in [2.24, 2.45) is 0 Å². The summed E-state index contributed by atoms with van der Waals surface area (Å²) in [4.78, 5) is 23.6. The Morgan fingerprint density at radius 3 is 2.42 bits per heavy atom. The van der Waals surface area contributed by atoms with Gasteiger partial charge in [0.1, 0.15) is 5.75 Å². The van der Waals surface area contributed by atoms with Crippen LogP contribution in [0, 0.1) is 5.82 Å². The number of benzene rings is 2. The number of carbonyl (C=O) groups is 2. The average Bonchev–Trinajstić information content (AvgIpc) is 2.66. The Morgan fingerprint density at radius 2 is 1.77 bits per heavy atom. The summed E-state index contributed by atoms with van der Waals surface area (Å²) < 4.78 is 24.0. The molecule has 0 heterocycles. The third-order valence-corrected chi connectivity index (χ3v) is 3.54. The number of amides is 2. The molecular formula is C19H21FN2O4. The van der Waals surface area contributed by atoms with E-state index >= 15 is 0 Å². The van der Waals surface area contributed by atoms with Gasteiger partial charge in [-0.2, -0.15) is 0 Å². The molecule has 0 bridgehead atoms. The fourth-order valence-electron chi connectivity index (χ4n) is 2.02. The smallest absolute Gasteiger partial charge is 0.279 e. The van der Waals surface area contributed by atoms with Crippen LogP contribution in [0.15, 0.2) is 48.5 Å². The van der Waals surface area contributed by atoms with Crippen LogP contribution in [0.1, 0.15) is 19.4 Å². The molecule has 0 unspecified atom stereocenters. The average molecular weight is 360 g/mol. The summed E-state index contributed by atoms with van der Waals surface area (Å²) in [6.45, 7) is 3.23. The van der Waals surface area contributed by atoms with Gasteiger partial charge in [-0.15, -0.1) is 0 Å². The number of ether oxygens (including phenoxy) is 2. The summed E-state index contributed by atoms with van der Waals surface area (Å²) in [5.74, 6) is -1.20. The molecule has 0 aliphatic carbocycles. The first kappa shape index (κ1) is 19.2. The molecule has 2 aromatic carbocycles. The second-order valence-electron chi connectivity index (χ2n) is 5.51. The van der Waals surface area contributed by atoms with Crippen molar-refractivity contribution in [2.75, 3.05) is 6.61 Å². The van der Waals surface area contributed by atoms with Crippen molar-refractivity contribution in [1.29, 1.82) is 0 Å². The minimum atomic E-state index is -0.991. The van der Waals surface area contributed by atoms with Crippen molar-refractivity contribution in [3.63, 3.8) is 0 Å². The van der Waals surface area contributed by atoms with Crippen LogP contribution in [0.4, 0.5) is 4.39 Å². The van der Waals surface area contributed by atoms with Gasteiger partial charge in [-0.25, -0.2) is 4.39 Å². The molecule has 0 spiro atoms. The Bertz CT molecular complexity index is 749. The van der Waals surface area contributed by atoms with Crippen molar-refractivity contribution in [2.45, 2.75) is 26.4 Å². The van der Waals surface area contributed by atoms with E-state index in [4.69, 9.17) is 9.47 Å². The number of aryl methyl sites for hydroxylation is 1. The van der Waals surface area contributed by atoms with Crippen LogP contribution in [0.5, 0.6) is 11.5 Å². The standard InChI is InChI=1S/C19H21FN2O4/c1-3-14-8-10-15(11-9-14)25-12-18(23)21-22-19(24)13(2)26-17-7-5-4-6-16(17)20/h4-11,13H,3,12H2,1-2H3,(H,21,23)(H,22,24)/t13-/m0/s1. The highest BCUT2D eigenvalue weighted by Gasteiger charge is 2.17. The fourth-order valence-corrected chi connectivity index (χ4v) is 2.02. The molecule has 2 aromatic rings. The molecule has 6 nitrogen and oxygen atoms in total. The molecule has 138 valence electrons. The molecule has 2 amide bonds. The highest BCUT2D eigenvalue weighted by Crippen LogP contribution is 2.17. The predicted molar refractivity (Wildman–Crippen MR) is 94.1 cm³/mol. The minimum absolute atomic E-state index is 0.0414. The van der Waals surface area contributed by atoms with Gasteiger partial charge >= 0.3 is 0 Å². The van der Waals surface area contributed by atoms with Gasteiger partial charge in [-0.3, -0.25) is 20.4 Å². The van der Waals surface area contributed by atoms with E-state index in [1.165, 1.54) is 25.1 Å². The topological polar surface area (TPSA) is 76.7 Å². The van der Waals surface area contributed by atoms with E-state index in [1.807, 2.05) is 19.1 Å². The Balaban J connectivity index is 1.73. The third-order valence-electron chi connectivity index (χ3n) is 3.54. The Hall–Kier alpha value is -3.09. The molecule has 26 heavy (non-hydrogen) atoms. The molecule has 0 aliphatic rings. The van der Waals surface area contributed by atoms with Crippen molar-refractivity contribution in [3.05, 3.63) is 59.9 Å². The number of hydrogen-bond acceptors (Lipinski definition) is 4. The molecule has 0 aromatic heterocycles. The second-order valence-corrected chi connectivity index (χ2v) is 5.51. The zero-order valence-electron chi connectivity index (χ0n) is 14.6. The van der Waals surface area contributed by atoms with Crippen LogP contribution in [0.3, 0.4) is 0 Å². The van der Waals surface area contributed by atoms with E-state index in [-0.39, 0.29) is 12.4 Å². The van der Waals surface area contributed by atoms with E-state index in [0.29, 0.717) is 5.75 Å². The van der Waals surface area contributed by atoms with Crippen LogP contribution in [-0.4, -0.2) is 24.5 Å². The number of nitrogens with one attached hydrogen (secondary N) is 2. The summed E-state index contributed by atoms with van der Waals surface area (Å²) >= 11 is 0. The van der Waals surface area contributed by atoms with Gasteiger partial charge < -0.3 is 9.47 Å². The number of para-hydroxylation sites is 1. The lowest BCUT2D eigenvalue weighted by molar-refractivity contribution is -0.133. The van der Waals surface area contributed by atoms with E-state index in [0.717, 1.165) is 12.0 Å². The number of rotatable bonds is 7. The summed E-state index contributed by atoms with van der Waals surface area (Å²) in [6, 6.07) is 13.1. The molecule has 0 radical (unpaired) electrons. The Labute approximate surface area is 151 Å². The van der Waals surface area contributed by atoms with Crippen LogP contribution >= 0.6 is 0 Å². The molecule has 1 atom stereocenters. The Morgan fingerprint density at radius 1 is 1.08 bits per heavy atom. The highest BCUT2D eigenvalue weighted by atomic mass is 19.1. The van der Waals surface area contributed by atoms with Crippen LogP contribution in [0.2, 0.25) is 0 Å². The third kappa shape index (κ3) is 5.77. The number of hydrogen-bond donors (Lipinski definition) is 2. The maximum atomic E-state index is 13.5. The van der Waals surface area contributed by atoms with Crippen LogP contribution in [0.25, 0.3) is 0 Å². The molecule has 0 saturated carbocycles. The first-order valence-corrected chi connectivity index (χ1v) is 8.21. The van der Waals surface area contributed by atoms with Crippen molar-refractivity contribution >= 4 is 11.8 Å². The van der Waals surface area contributed by atoms with Gasteiger partial charge in [0.15, 0.2) is 24.3 Å². The lowest BCUT2D eigenvalue weighted by atomic mass is 10.2. The van der Waals surface area contributed by atoms with Crippen LogP contribution < -0.4 is 20.3 Å². The quantitative estimate of drug-likeness (QED) is 0.744. The molecule has 0 saturated heterocycles. The van der Waals surface area contributed by atoms with Gasteiger partial charge in [0.05, 0.1) is 0 Å². The lowest BCUT2D eigenvalue weighted by Crippen LogP contribution is -2.48. The SMILES string of the molecule is CCc1ccc(OCC(=O)NNC(=O)[C@H](C)Oc2ccccc2F)cc1. The normalized spacial score (nSPS) is 11.3. The van der Waals surface area contributed by atoms with Gasteiger partial charge in [0, 0.05) is 0 Å². The first-order valence-electron chi connectivity index (χ1n) is 8.21. The van der Waals surface area contributed by atoms with Crippen molar-refractivity contribution in [1.82, 2.24) is 10.9 Å². The monoisotopic (exact) mass is 360 g/mol. The minimum Gasteiger partial charge on any atom is -0.484 e. The molecular weight excluding hydrogens is 339 g/mol. The summed E-state index contributed by atoms with van der Waals surface area (Å²) in [5.41, 5.74) is 5.59. The van der Waals surface area contributed by atoms with E-state index in [9.17, 15) is 14.0 Å². The van der Waals surface area contributed by atoms with Gasteiger partial charge in [0.25, 0.3) is 11.8 Å². The molecule has 0 fully saturated rings. The summed E-state index contributed by atoms with van der Waals surface area (Å²) in [6.07, 6.45) is -0.0744. The van der Waals surface area contributed by atoms with Gasteiger partial charge in [-0.1, -0.05) is 31.2 Å². The maximum absolute atomic E-state index is 13.5. The zero-order chi connectivity index (χ0) is 18.9. The van der Waals surface area contributed by atoms with E-state index in [2.05, 4.69) is 10.9 Å². The summed E-state index contributed by atoms with van der Waals surface area (Å²) in [5, 5.41) is 0. The number of carbonyl (C=O) groups excluding carboxylic acids is 2. The van der Waals surface area contributed by atoms with Crippen molar-refractivity contribution < 1.29 is 23.5 Å². The van der Waals surface area contributed by atoms with Gasteiger partial charge in [0.2, 0.25) is 0 Å². The molecule has 2 N–H and O–H groups in total. The maximum Gasteiger partial charge on any atom is 0.279 e. The molecule has 2 rings (SSSR count). The highest BCUT2D eigenvalue weighted by molar-refractivity contribution is 5.85. The predicted octanol–water partition coefficient (Wildman–Crippen LogP) is 2.38. The number of hydrazine groups is 1. The van der Waals surface area contributed by atoms with E-state index < -0.39 is 23.7 Å². The van der Waals surface area contributed by atoms with Crippen molar-refractivity contribution in [3.8, 4) is 11.5 Å². The second kappa shape index (κ2) is 9.41. The lowest BCUT2D eigenvalue weighted by Gasteiger charge is -2.15. The largest absolute Gasteiger partial charge is 0.484 e. The molecule has 7 heteroatoms. The zero-order valence-corrected chi connectivity index (χ0v) is 14.6. The number of halogens is 1.